The second-order valence-corrected chi connectivity index (χ2v) is 4.38. The zero-order chi connectivity index (χ0) is 14.4. The van der Waals surface area contributed by atoms with E-state index in [2.05, 4.69) is 20.8 Å². The highest BCUT2D eigenvalue weighted by atomic mass is 16.5. The van der Waals surface area contributed by atoms with Gasteiger partial charge < -0.3 is 20.9 Å². The lowest BCUT2D eigenvalue weighted by molar-refractivity contribution is 0.252. The van der Waals surface area contributed by atoms with Crippen LogP contribution in [0.1, 0.15) is 24.4 Å². The minimum Gasteiger partial charge on any atom is -0.340 e. The van der Waals surface area contributed by atoms with Crippen molar-refractivity contribution < 1.29 is 9.32 Å². The van der Waals surface area contributed by atoms with E-state index in [1.165, 1.54) is 6.33 Å². The summed E-state index contributed by atoms with van der Waals surface area (Å²) in [6.45, 7) is 2.33. The second kappa shape index (κ2) is 6.67. The summed E-state index contributed by atoms with van der Waals surface area (Å²) in [6.07, 6.45) is 1.83. The van der Waals surface area contributed by atoms with Crippen LogP contribution in [-0.4, -0.2) is 22.7 Å². The van der Waals surface area contributed by atoms with Gasteiger partial charge in [0.2, 0.25) is 5.89 Å². The van der Waals surface area contributed by atoms with Crippen molar-refractivity contribution in [3.63, 3.8) is 0 Å². The molecule has 1 aromatic heterocycles. The maximum absolute atomic E-state index is 11.6. The number of amides is 2. The van der Waals surface area contributed by atoms with Crippen molar-refractivity contribution in [2.45, 2.75) is 19.4 Å². The summed E-state index contributed by atoms with van der Waals surface area (Å²) in [5.41, 5.74) is 7.49. The first-order valence-electron chi connectivity index (χ1n) is 6.31. The Labute approximate surface area is 116 Å². The predicted molar refractivity (Wildman–Crippen MR) is 74.1 cm³/mol. The number of carbonyl (C=O) groups excluding carboxylic acids is 1. The molecule has 2 aromatic rings. The number of anilines is 1. The Hall–Kier alpha value is -2.41. The first kappa shape index (κ1) is 14.0. The van der Waals surface area contributed by atoms with E-state index >= 15 is 0 Å². The minimum atomic E-state index is -0.280. The van der Waals surface area contributed by atoms with Crippen LogP contribution in [-0.2, 0) is 6.42 Å². The normalized spacial score (nSPS) is 11.9. The maximum Gasteiger partial charge on any atom is 0.319 e. The summed E-state index contributed by atoms with van der Waals surface area (Å²) >= 11 is 0. The van der Waals surface area contributed by atoms with Gasteiger partial charge in [0, 0.05) is 24.7 Å². The highest BCUT2D eigenvalue weighted by Gasteiger charge is 2.04. The summed E-state index contributed by atoms with van der Waals surface area (Å²) in [5, 5.41) is 8.92. The van der Waals surface area contributed by atoms with Gasteiger partial charge in [0.15, 0.2) is 6.33 Å². The lowest BCUT2D eigenvalue weighted by atomic mass is 10.1. The quantitative estimate of drug-likeness (QED) is 0.765. The summed E-state index contributed by atoms with van der Waals surface area (Å²) < 4.78 is 4.82. The Balaban J connectivity index is 1.76. The number of urea groups is 1. The first-order chi connectivity index (χ1) is 9.65. The molecule has 7 nitrogen and oxygen atoms in total. The SMILES string of the molecule is CC(N)c1ccc(NC(=O)NCCc2ncno2)cc1. The van der Waals surface area contributed by atoms with Crippen LogP contribution < -0.4 is 16.4 Å². The van der Waals surface area contributed by atoms with E-state index in [0.29, 0.717) is 24.5 Å². The smallest absolute Gasteiger partial charge is 0.319 e. The van der Waals surface area contributed by atoms with E-state index in [0.717, 1.165) is 5.56 Å². The molecule has 0 radical (unpaired) electrons. The molecule has 0 bridgehead atoms. The highest BCUT2D eigenvalue weighted by molar-refractivity contribution is 5.89. The van der Waals surface area contributed by atoms with Crippen molar-refractivity contribution in [3.8, 4) is 0 Å². The Bertz CT molecular complexity index is 536. The van der Waals surface area contributed by atoms with Crippen LogP contribution in [0.25, 0.3) is 0 Å². The fraction of sp³-hybridized carbons (Fsp3) is 0.308. The maximum atomic E-state index is 11.6. The van der Waals surface area contributed by atoms with Gasteiger partial charge in [-0.15, -0.1) is 0 Å². The molecule has 0 aliphatic carbocycles. The van der Waals surface area contributed by atoms with Crippen molar-refractivity contribution in [3.05, 3.63) is 42.0 Å². The number of aromatic nitrogens is 2. The summed E-state index contributed by atoms with van der Waals surface area (Å²) in [6, 6.07) is 7.11. The van der Waals surface area contributed by atoms with Gasteiger partial charge in [-0.2, -0.15) is 4.98 Å². The zero-order valence-corrected chi connectivity index (χ0v) is 11.2. The zero-order valence-electron chi connectivity index (χ0n) is 11.2. The number of hydrogen-bond acceptors (Lipinski definition) is 5. The third-order valence-corrected chi connectivity index (χ3v) is 2.73. The summed E-state index contributed by atoms with van der Waals surface area (Å²) in [5.74, 6) is 0.492. The van der Waals surface area contributed by atoms with Gasteiger partial charge in [0.1, 0.15) is 0 Å². The van der Waals surface area contributed by atoms with E-state index in [-0.39, 0.29) is 12.1 Å². The number of benzene rings is 1. The Morgan fingerprint density at radius 3 is 2.75 bits per heavy atom. The van der Waals surface area contributed by atoms with Crippen LogP contribution >= 0.6 is 0 Å². The molecule has 0 saturated carbocycles. The molecule has 0 fully saturated rings. The van der Waals surface area contributed by atoms with Crippen LogP contribution in [0.4, 0.5) is 10.5 Å². The van der Waals surface area contributed by atoms with Gasteiger partial charge in [-0.25, -0.2) is 4.79 Å². The predicted octanol–water partition coefficient (Wildman–Crippen LogP) is 1.45. The lowest BCUT2D eigenvalue weighted by Gasteiger charge is -2.09. The van der Waals surface area contributed by atoms with Crippen LogP contribution in [0.3, 0.4) is 0 Å². The van der Waals surface area contributed by atoms with Crippen LogP contribution in [0, 0.1) is 0 Å². The largest absolute Gasteiger partial charge is 0.340 e. The first-order valence-corrected chi connectivity index (χ1v) is 6.31. The van der Waals surface area contributed by atoms with Crippen molar-refractivity contribution in [1.29, 1.82) is 0 Å². The van der Waals surface area contributed by atoms with Crippen molar-refractivity contribution in [2.24, 2.45) is 5.73 Å². The molecular formula is C13H17N5O2. The second-order valence-electron chi connectivity index (χ2n) is 4.38. The number of rotatable bonds is 5. The molecule has 1 atom stereocenters. The third kappa shape index (κ3) is 4.06. The van der Waals surface area contributed by atoms with Gasteiger partial charge in [0.05, 0.1) is 0 Å². The highest BCUT2D eigenvalue weighted by Crippen LogP contribution is 2.13. The molecule has 4 N–H and O–H groups in total. The fourth-order valence-corrected chi connectivity index (χ4v) is 1.63. The molecule has 1 heterocycles. The molecule has 0 saturated heterocycles. The van der Waals surface area contributed by atoms with Gasteiger partial charge in [-0.05, 0) is 24.6 Å². The molecule has 2 rings (SSSR count). The van der Waals surface area contributed by atoms with Crippen molar-refractivity contribution >= 4 is 11.7 Å². The number of nitrogens with one attached hydrogen (secondary N) is 2. The van der Waals surface area contributed by atoms with E-state index in [9.17, 15) is 4.79 Å². The van der Waals surface area contributed by atoms with Crippen LogP contribution in [0.5, 0.6) is 0 Å². The molecule has 1 aromatic carbocycles. The van der Waals surface area contributed by atoms with Crippen molar-refractivity contribution in [2.75, 3.05) is 11.9 Å². The average Bonchev–Trinajstić information content (AvgIpc) is 2.92. The molecular weight excluding hydrogens is 258 g/mol. The third-order valence-electron chi connectivity index (χ3n) is 2.73. The lowest BCUT2D eigenvalue weighted by Crippen LogP contribution is -2.30. The molecule has 1 unspecified atom stereocenters. The number of nitrogens with two attached hydrogens (primary N) is 1. The Morgan fingerprint density at radius 2 is 2.15 bits per heavy atom. The van der Waals surface area contributed by atoms with Crippen molar-refractivity contribution in [1.82, 2.24) is 15.5 Å². The van der Waals surface area contributed by atoms with Crippen LogP contribution in [0.15, 0.2) is 35.1 Å². The Morgan fingerprint density at radius 1 is 1.40 bits per heavy atom. The van der Waals surface area contributed by atoms with Gasteiger partial charge in [0.25, 0.3) is 0 Å². The molecule has 20 heavy (non-hydrogen) atoms. The molecule has 0 aliphatic rings. The molecule has 0 aliphatic heterocycles. The van der Waals surface area contributed by atoms with E-state index in [1.807, 2.05) is 31.2 Å². The topological polar surface area (TPSA) is 106 Å². The van der Waals surface area contributed by atoms with Crippen LogP contribution in [0.2, 0.25) is 0 Å². The number of nitrogens with zero attached hydrogens (tertiary/aromatic N) is 2. The van der Waals surface area contributed by atoms with E-state index in [4.69, 9.17) is 10.3 Å². The fourth-order valence-electron chi connectivity index (χ4n) is 1.63. The summed E-state index contributed by atoms with van der Waals surface area (Å²) in [4.78, 5) is 15.5. The molecule has 7 heteroatoms. The monoisotopic (exact) mass is 275 g/mol. The molecule has 106 valence electrons. The summed E-state index contributed by atoms with van der Waals surface area (Å²) in [7, 11) is 0. The number of carbonyl (C=O) groups is 1. The minimum absolute atomic E-state index is 0.0210. The van der Waals surface area contributed by atoms with E-state index < -0.39 is 0 Å². The Kier molecular flexibility index (Phi) is 4.67. The standard InChI is InChI=1S/C13H17N5O2/c1-9(14)10-2-4-11(5-3-10)18-13(19)15-7-6-12-16-8-17-20-12/h2-5,8-9H,6-7,14H2,1H3,(H2,15,18,19). The van der Waals surface area contributed by atoms with E-state index in [1.54, 1.807) is 0 Å². The van der Waals surface area contributed by atoms with Gasteiger partial charge >= 0.3 is 6.03 Å². The van der Waals surface area contributed by atoms with Gasteiger partial charge in [-0.1, -0.05) is 17.3 Å². The average molecular weight is 275 g/mol. The van der Waals surface area contributed by atoms with Gasteiger partial charge in [-0.3, -0.25) is 0 Å². The molecule has 0 spiro atoms. The number of hydrogen-bond donors (Lipinski definition) is 3. The molecule has 2 amide bonds.